The Morgan fingerprint density at radius 2 is 1.67 bits per heavy atom. The molecule has 0 fully saturated rings. The van der Waals surface area contributed by atoms with Gasteiger partial charge in [-0.25, -0.2) is 14.4 Å². The highest BCUT2D eigenvalue weighted by Crippen LogP contribution is 2.55. The van der Waals surface area contributed by atoms with Gasteiger partial charge in [0.1, 0.15) is 23.0 Å². The van der Waals surface area contributed by atoms with E-state index in [1.807, 2.05) is 4.98 Å². The molecular weight excluding hydrogens is 479 g/mol. The largest absolute Gasteiger partial charge is 0.427 e. The van der Waals surface area contributed by atoms with E-state index in [1.54, 1.807) is 0 Å². The number of amidine groups is 1. The van der Waals surface area contributed by atoms with E-state index in [1.165, 1.54) is 18.3 Å². The Kier molecular flexibility index (Phi) is 5.15. The highest BCUT2D eigenvalue weighted by molar-refractivity contribution is 7.71. The van der Waals surface area contributed by atoms with Crippen molar-refractivity contribution in [3.63, 3.8) is 0 Å². The summed E-state index contributed by atoms with van der Waals surface area (Å²) < 4.78 is 99.0. The molecule has 172 valence electrons. The van der Waals surface area contributed by atoms with E-state index in [2.05, 4.69) is 15.3 Å². The number of nitrogens with zero attached hydrogens (tertiary/aromatic N) is 2. The summed E-state index contributed by atoms with van der Waals surface area (Å²) in [7, 11) is 0. The molecule has 14 heteroatoms. The fourth-order valence-corrected chi connectivity index (χ4v) is 3.73. The summed E-state index contributed by atoms with van der Waals surface area (Å²) in [5.74, 6) is -2.43. The molecule has 3 N–H and O–H groups in total. The van der Waals surface area contributed by atoms with Crippen LogP contribution < -0.4 is 15.9 Å². The Morgan fingerprint density at radius 1 is 1.03 bits per heavy atom. The maximum absolute atomic E-state index is 14.2. The Morgan fingerprint density at radius 3 is 2.21 bits per heavy atom. The van der Waals surface area contributed by atoms with Gasteiger partial charge >= 0.3 is 12.4 Å². The van der Waals surface area contributed by atoms with Gasteiger partial charge in [0.2, 0.25) is 0 Å². The fourth-order valence-electron chi connectivity index (χ4n) is 3.44. The van der Waals surface area contributed by atoms with Crippen LogP contribution in [-0.2, 0) is 5.54 Å². The number of pyridine rings is 1. The van der Waals surface area contributed by atoms with E-state index in [9.17, 15) is 35.5 Å². The molecule has 0 atom stereocenters. The lowest BCUT2D eigenvalue weighted by Crippen LogP contribution is -2.58. The van der Waals surface area contributed by atoms with E-state index in [4.69, 9.17) is 12.2 Å². The van der Waals surface area contributed by atoms with Crippen LogP contribution in [-0.4, -0.2) is 27.7 Å². The molecule has 1 aromatic carbocycles. The van der Waals surface area contributed by atoms with Crippen molar-refractivity contribution >= 4 is 23.9 Å². The van der Waals surface area contributed by atoms with Crippen LogP contribution in [0, 0.1) is 10.6 Å². The first kappa shape index (κ1) is 22.6. The summed E-state index contributed by atoms with van der Waals surface area (Å²) in [6.07, 6.45) is -9.63. The number of halogens is 7. The van der Waals surface area contributed by atoms with Gasteiger partial charge in [-0.05, 0) is 42.5 Å². The van der Waals surface area contributed by atoms with Crippen molar-refractivity contribution in [2.24, 2.45) is 4.99 Å². The highest BCUT2D eigenvalue weighted by atomic mass is 32.1. The van der Waals surface area contributed by atoms with Crippen molar-refractivity contribution in [3.05, 3.63) is 80.9 Å². The average Bonchev–Trinajstić information content (AvgIpc) is 2.73. The summed E-state index contributed by atoms with van der Waals surface area (Å²) >= 11 is 5.02. The Labute approximate surface area is 184 Å². The van der Waals surface area contributed by atoms with Crippen LogP contribution in [0.2, 0.25) is 0 Å². The van der Waals surface area contributed by atoms with Crippen LogP contribution >= 0.6 is 12.2 Å². The van der Waals surface area contributed by atoms with Crippen molar-refractivity contribution in [2.75, 3.05) is 5.32 Å². The molecule has 0 spiro atoms. The molecule has 0 unspecified atom stereocenters. The molecule has 2 aromatic heterocycles. The first-order valence-corrected chi connectivity index (χ1v) is 9.40. The van der Waals surface area contributed by atoms with Gasteiger partial charge in [0.25, 0.3) is 11.1 Å². The van der Waals surface area contributed by atoms with Crippen LogP contribution in [0.15, 0.2) is 58.6 Å². The van der Waals surface area contributed by atoms with Crippen molar-refractivity contribution in [1.29, 1.82) is 0 Å². The molecule has 1 aliphatic heterocycles. The molecule has 1 aliphatic rings. The van der Waals surface area contributed by atoms with E-state index in [-0.39, 0.29) is 11.3 Å². The third-order valence-corrected chi connectivity index (χ3v) is 5.16. The quantitative estimate of drug-likeness (QED) is 0.421. The van der Waals surface area contributed by atoms with E-state index < -0.39 is 51.3 Å². The molecular formula is C19H11F7N5OS+. The molecule has 6 nitrogen and oxygen atoms in total. The number of benzene rings is 1. The lowest BCUT2D eigenvalue weighted by Gasteiger charge is -2.38. The number of H-pyrrole nitrogens is 2. The number of aliphatic imine (C=N–C) groups is 1. The molecule has 0 amide bonds. The second-order valence-corrected chi connectivity index (χ2v) is 7.26. The molecule has 0 aliphatic carbocycles. The summed E-state index contributed by atoms with van der Waals surface area (Å²) in [5.41, 5.74) is -8.63. The lowest BCUT2D eigenvalue weighted by molar-refractivity contribution is -0.378. The first-order valence-electron chi connectivity index (χ1n) is 8.99. The third kappa shape index (κ3) is 3.50. The zero-order valence-corrected chi connectivity index (χ0v) is 16.8. The predicted molar refractivity (Wildman–Crippen MR) is 104 cm³/mol. The maximum Gasteiger partial charge on any atom is 0.427 e. The van der Waals surface area contributed by atoms with Gasteiger partial charge in [0.15, 0.2) is 17.2 Å². The number of nitrogens with one attached hydrogen (secondary N) is 3. The molecule has 3 heterocycles. The molecule has 0 radical (unpaired) electrons. The van der Waals surface area contributed by atoms with E-state index in [0.29, 0.717) is 0 Å². The number of anilines is 1. The summed E-state index contributed by atoms with van der Waals surface area (Å²) in [6.45, 7) is 0. The van der Waals surface area contributed by atoms with Crippen molar-refractivity contribution in [2.45, 2.75) is 17.9 Å². The second kappa shape index (κ2) is 7.50. The number of alkyl halides is 6. The average molecular weight is 490 g/mol. The second-order valence-electron chi connectivity index (χ2n) is 6.88. The van der Waals surface area contributed by atoms with Gasteiger partial charge < -0.3 is 5.32 Å². The number of aromatic nitrogens is 3. The number of hydrogen-bond acceptors (Lipinski definition) is 4. The Bertz CT molecular complexity index is 1340. The third-order valence-electron chi connectivity index (χ3n) is 4.87. The minimum atomic E-state index is -6.07. The number of aromatic amines is 2. The SMILES string of the molecule is O=c1[nH]c(=S)n(-c2ccc(F)cc2)c2c1C(C(F)(F)F)(C(F)(F)F)N=C(c1ccc[nH+]c1)N2. The molecule has 33 heavy (non-hydrogen) atoms. The predicted octanol–water partition coefficient (Wildman–Crippen LogP) is 4.04. The van der Waals surface area contributed by atoms with Crippen LogP contribution in [0.5, 0.6) is 0 Å². The number of hydrogen-bond donors (Lipinski definition) is 2. The van der Waals surface area contributed by atoms with Gasteiger partial charge in [-0.2, -0.15) is 26.3 Å². The Balaban J connectivity index is 2.18. The zero-order chi connectivity index (χ0) is 24.2. The molecule has 0 bridgehead atoms. The van der Waals surface area contributed by atoms with Crippen LogP contribution in [0.25, 0.3) is 5.69 Å². The van der Waals surface area contributed by atoms with Crippen LogP contribution in [0.3, 0.4) is 0 Å². The van der Waals surface area contributed by atoms with E-state index in [0.717, 1.165) is 35.0 Å². The van der Waals surface area contributed by atoms with Crippen molar-refractivity contribution in [3.8, 4) is 5.69 Å². The van der Waals surface area contributed by atoms with Gasteiger partial charge in [0.05, 0.1) is 5.56 Å². The number of fused-ring (bicyclic) bond motifs is 1. The molecule has 4 rings (SSSR count). The Hall–Kier alpha value is -3.55. The van der Waals surface area contributed by atoms with Crippen LogP contribution in [0.1, 0.15) is 11.1 Å². The smallest absolute Gasteiger partial charge is 0.325 e. The van der Waals surface area contributed by atoms with Gasteiger partial charge in [-0.1, -0.05) is 0 Å². The minimum absolute atomic E-state index is 0.0967. The minimum Gasteiger partial charge on any atom is -0.325 e. The number of rotatable bonds is 2. The fraction of sp³-hybridized carbons (Fsp3) is 0.158. The zero-order valence-electron chi connectivity index (χ0n) is 16.0. The molecule has 3 aromatic rings. The van der Waals surface area contributed by atoms with Gasteiger partial charge in [-0.3, -0.25) is 14.3 Å². The summed E-state index contributed by atoms with van der Waals surface area (Å²) in [6, 6.07) is 6.57. The lowest BCUT2D eigenvalue weighted by atomic mass is 9.87. The van der Waals surface area contributed by atoms with Crippen molar-refractivity contribution in [1.82, 2.24) is 9.55 Å². The topological polar surface area (TPSA) is 76.3 Å². The van der Waals surface area contributed by atoms with Crippen LogP contribution in [0.4, 0.5) is 36.6 Å². The maximum atomic E-state index is 14.2. The summed E-state index contributed by atoms with van der Waals surface area (Å²) in [4.78, 5) is 20.0. The standard InChI is InChI=1S/C19H10F7N5OS/c20-10-3-5-11(6-4-10)31-14-12(15(32)29-16(31)33)17(18(21,22)23,19(24,25)26)30-13(28-14)9-2-1-7-27-8-9/h1-8H,(H,28,30)(H,29,32,33)/p+1. The highest BCUT2D eigenvalue weighted by Gasteiger charge is 2.75. The molecule has 0 saturated carbocycles. The van der Waals surface area contributed by atoms with E-state index >= 15 is 0 Å². The van der Waals surface area contributed by atoms with Gasteiger partial charge in [-0.15, -0.1) is 0 Å². The first-order chi connectivity index (χ1) is 15.4. The normalized spacial score (nSPS) is 15.4. The molecule has 0 saturated heterocycles. The van der Waals surface area contributed by atoms with Crippen molar-refractivity contribution < 1.29 is 35.7 Å². The summed E-state index contributed by atoms with van der Waals surface area (Å²) in [5, 5.41) is 2.39. The monoisotopic (exact) mass is 490 g/mol. The van der Waals surface area contributed by atoms with Gasteiger partial charge in [0, 0.05) is 11.8 Å².